The highest BCUT2D eigenvalue weighted by atomic mass is 16.3. The van der Waals surface area contributed by atoms with Crippen LogP contribution in [0.1, 0.15) is 56.8 Å². The van der Waals surface area contributed by atoms with Gasteiger partial charge in [0.05, 0.1) is 6.10 Å². The summed E-state index contributed by atoms with van der Waals surface area (Å²) in [6.45, 7) is 5.02. The van der Waals surface area contributed by atoms with Gasteiger partial charge >= 0.3 is 0 Å². The number of rotatable bonds is 4. The van der Waals surface area contributed by atoms with Crippen LogP contribution in [0.2, 0.25) is 0 Å². The maximum atomic E-state index is 10.8. The molecule has 0 bridgehead atoms. The standard InChI is InChI=1S/C17H27NO/c1-3-14-4-6-15(7-5-14)16(19)17(12-18)10-8-13(2)9-11-17/h4-7,13,16,19H,3,8-12,18H2,1-2H3. The van der Waals surface area contributed by atoms with Crippen molar-refractivity contribution in [2.75, 3.05) is 6.54 Å². The van der Waals surface area contributed by atoms with E-state index in [1.54, 1.807) is 0 Å². The van der Waals surface area contributed by atoms with Gasteiger partial charge in [0.15, 0.2) is 0 Å². The van der Waals surface area contributed by atoms with Crippen LogP contribution in [0.15, 0.2) is 24.3 Å². The number of benzene rings is 1. The topological polar surface area (TPSA) is 46.2 Å². The Morgan fingerprint density at radius 2 is 1.84 bits per heavy atom. The van der Waals surface area contributed by atoms with Crippen LogP contribution >= 0.6 is 0 Å². The molecule has 1 unspecified atom stereocenters. The predicted molar refractivity (Wildman–Crippen MR) is 79.9 cm³/mol. The average molecular weight is 261 g/mol. The zero-order chi connectivity index (χ0) is 13.9. The Bertz CT molecular complexity index is 390. The molecule has 1 aliphatic rings. The molecule has 1 aromatic carbocycles. The molecule has 0 heterocycles. The van der Waals surface area contributed by atoms with Crippen LogP contribution in [0.4, 0.5) is 0 Å². The maximum Gasteiger partial charge on any atom is 0.0858 e. The Hall–Kier alpha value is -0.860. The molecule has 2 nitrogen and oxygen atoms in total. The Balaban J connectivity index is 2.17. The Morgan fingerprint density at radius 1 is 1.26 bits per heavy atom. The van der Waals surface area contributed by atoms with Gasteiger partial charge in [0.1, 0.15) is 0 Å². The smallest absolute Gasteiger partial charge is 0.0858 e. The van der Waals surface area contributed by atoms with E-state index in [2.05, 4.69) is 38.1 Å². The summed E-state index contributed by atoms with van der Waals surface area (Å²) < 4.78 is 0. The molecule has 1 aliphatic carbocycles. The molecule has 0 spiro atoms. The first kappa shape index (κ1) is 14.5. The summed E-state index contributed by atoms with van der Waals surface area (Å²) in [6.07, 6.45) is 5.07. The molecule has 3 N–H and O–H groups in total. The van der Waals surface area contributed by atoms with Crippen molar-refractivity contribution < 1.29 is 5.11 Å². The Morgan fingerprint density at radius 3 is 2.32 bits per heavy atom. The van der Waals surface area contributed by atoms with Crippen LogP contribution in [0, 0.1) is 11.3 Å². The van der Waals surface area contributed by atoms with Crippen LogP contribution in [-0.4, -0.2) is 11.7 Å². The van der Waals surface area contributed by atoms with Gasteiger partial charge in [-0.05, 0) is 36.3 Å². The lowest BCUT2D eigenvalue weighted by Crippen LogP contribution is -2.39. The summed E-state index contributed by atoms with van der Waals surface area (Å²) in [6, 6.07) is 8.38. The molecule has 0 saturated heterocycles. The predicted octanol–water partition coefficient (Wildman–Crippen LogP) is 3.44. The second-order valence-electron chi connectivity index (χ2n) is 6.25. The highest BCUT2D eigenvalue weighted by Gasteiger charge is 2.40. The highest BCUT2D eigenvalue weighted by molar-refractivity contribution is 5.25. The molecule has 106 valence electrons. The van der Waals surface area contributed by atoms with E-state index in [4.69, 9.17) is 5.73 Å². The number of aryl methyl sites for hydroxylation is 1. The molecule has 1 aromatic rings. The lowest BCUT2D eigenvalue weighted by molar-refractivity contribution is -0.00819. The zero-order valence-electron chi connectivity index (χ0n) is 12.2. The van der Waals surface area contributed by atoms with Crippen molar-refractivity contribution in [3.8, 4) is 0 Å². The minimum atomic E-state index is -0.420. The van der Waals surface area contributed by atoms with Crippen molar-refractivity contribution in [3.63, 3.8) is 0 Å². The summed E-state index contributed by atoms with van der Waals surface area (Å²) in [7, 11) is 0. The molecule has 19 heavy (non-hydrogen) atoms. The summed E-state index contributed by atoms with van der Waals surface area (Å²) in [5, 5.41) is 10.8. The third-order valence-corrected chi connectivity index (χ3v) is 4.96. The van der Waals surface area contributed by atoms with Crippen molar-refractivity contribution >= 4 is 0 Å². The third kappa shape index (κ3) is 3.01. The molecule has 0 radical (unpaired) electrons. The first-order chi connectivity index (χ1) is 9.11. The quantitative estimate of drug-likeness (QED) is 0.872. The molecular formula is C17H27NO. The van der Waals surface area contributed by atoms with Gasteiger partial charge in [0.2, 0.25) is 0 Å². The largest absolute Gasteiger partial charge is 0.388 e. The number of aliphatic hydroxyl groups excluding tert-OH is 1. The second kappa shape index (κ2) is 6.06. The number of hydrogen-bond donors (Lipinski definition) is 2. The first-order valence-electron chi connectivity index (χ1n) is 7.58. The van der Waals surface area contributed by atoms with Gasteiger partial charge in [-0.15, -0.1) is 0 Å². The fourth-order valence-electron chi connectivity index (χ4n) is 3.22. The third-order valence-electron chi connectivity index (χ3n) is 4.96. The van der Waals surface area contributed by atoms with Crippen LogP contribution < -0.4 is 5.73 Å². The van der Waals surface area contributed by atoms with Crippen LogP contribution in [-0.2, 0) is 6.42 Å². The maximum absolute atomic E-state index is 10.8. The summed E-state index contributed by atoms with van der Waals surface area (Å²) in [5.41, 5.74) is 8.25. The highest BCUT2D eigenvalue weighted by Crippen LogP contribution is 2.46. The molecule has 0 aromatic heterocycles. The zero-order valence-corrected chi connectivity index (χ0v) is 12.2. The van der Waals surface area contributed by atoms with Gasteiger partial charge in [0, 0.05) is 12.0 Å². The van der Waals surface area contributed by atoms with E-state index in [1.165, 1.54) is 18.4 Å². The normalized spacial score (nSPS) is 29.2. The number of nitrogens with two attached hydrogens (primary N) is 1. The minimum Gasteiger partial charge on any atom is -0.388 e. The van der Waals surface area contributed by atoms with Crippen molar-refractivity contribution in [3.05, 3.63) is 35.4 Å². The molecule has 2 heteroatoms. The minimum absolute atomic E-state index is 0.111. The van der Waals surface area contributed by atoms with Gasteiger partial charge in [0.25, 0.3) is 0 Å². The van der Waals surface area contributed by atoms with E-state index >= 15 is 0 Å². The monoisotopic (exact) mass is 261 g/mol. The Kier molecular flexibility index (Phi) is 4.64. The lowest BCUT2D eigenvalue weighted by atomic mass is 9.66. The fourth-order valence-corrected chi connectivity index (χ4v) is 3.22. The van der Waals surface area contributed by atoms with Crippen molar-refractivity contribution in [1.82, 2.24) is 0 Å². The van der Waals surface area contributed by atoms with E-state index in [1.807, 2.05) is 0 Å². The van der Waals surface area contributed by atoms with Gasteiger partial charge in [-0.25, -0.2) is 0 Å². The number of aliphatic hydroxyl groups is 1. The van der Waals surface area contributed by atoms with E-state index in [0.717, 1.165) is 30.7 Å². The number of hydrogen-bond acceptors (Lipinski definition) is 2. The Labute approximate surface area is 117 Å². The SMILES string of the molecule is CCc1ccc(C(O)C2(CN)CCC(C)CC2)cc1. The lowest BCUT2D eigenvalue weighted by Gasteiger charge is -2.42. The van der Waals surface area contributed by atoms with Gasteiger partial charge in [-0.3, -0.25) is 0 Å². The molecule has 2 rings (SSSR count). The van der Waals surface area contributed by atoms with Gasteiger partial charge in [-0.1, -0.05) is 51.0 Å². The first-order valence-corrected chi connectivity index (χ1v) is 7.58. The van der Waals surface area contributed by atoms with E-state index < -0.39 is 6.10 Å². The molecular weight excluding hydrogens is 234 g/mol. The second-order valence-corrected chi connectivity index (χ2v) is 6.25. The van der Waals surface area contributed by atoms with Crippen molar-refractivity contribution in [2.24, 2.45) is 17.1 Å². The van der Waals surface area contributed by atoms with Crippen LogP contribution in [0.25, 0.3) is 0 Å². The van der Waals surface area contributed by atoms with Crippen molar-refractivity contribution in [1.29, 1.82) is 0 Å². The average Bonchev–Trinajstić information content (AvgIpc) is 2.48. The van der Waals surface area contributed by atoms with Crippen molar-refractivity contribution in [2.45, 2.75) is 52.1 Å². The van der Waals surface area contributed by atoms with E-state index in [-0.39, 0.29) is 5.41 Å². The summed E-state index contributed by atoms with van der Waals surface area (Å²) in [4.78, 5) is 0. The van der Waals surface area contributed by atoms with Gasteiger partial charge < -0.3 is 10.8 Å². The molecule has 1 fully saturated rings. The van der Waals surface area contributed by atoms with Crippen LogP contribution in [0.5, 0.6) is 0 Å². The molecule has 1 atom stereocenters. The molecule has 1 saturated carbocycles. The molecule has 0 amide bonds. The fraction of sp³-hybridized carbons (Fsp3) is 0.647. The summed E-state index contributed by atoms with van der Waals surface area (Å²) >= 11 is 0. The molecule has 0 aliphatic heterocycles. The van der Waals surface area contributed by atoms with E-state index in [9.17, 15) is 5.11 Å². The van der Waals surface area contributed by atoms with Crippen LogP contribution in [0.3, 0.4) is 0 Å². The van der Waals surface area contributed by atoms with Gasteiger partial charge in [-0.2, -0.15) is 0 Å². The summed E-state index contributed by atoms with van der Waals surface area (Å²) in [5.74, 6) is 0.773. The van der Waals surface area contributed by atoms with E-state index in [0.29, 0.717) is 6.54 Å².